The summed E-state index contributed by atoms with van der Waals surface area (Å²) in [6.07, 6.45) is -4.32. The summed E-state index contributed by atoms with van der Waals surface area (Å²) in [7, 11) is 0. The first kappa shape index (κ1) is 14.7. The molecule has 0 aliphatic carbocycles. The summed E-state index contributed by atoms with van der Waals surface area (Å²) in [5, 5.41) is 28.9. The van der Waals surface area contributed by atoms with Gasteiger partial charge in [0.15, 0.2) is 0 Å². The fourth-order valence-electron chi connectivity index (χ4n) is 2.11. The fourth-order valence-corrected chi connectivity index (χ4v) is 2.11. The number of H-pyrrole nitrogens is 1. The summed E-state index contributed by atoms with van der Waals surface area (Å²) in [6.45, 7) is 2.69. The monoisotopic (exact) mass is 280 g/mol. The molecule has 7 heteroatoms. The zero-order valence-corrected chi connectivity index (χ0v) is 11.1. The molecule has 0 bridgehead atoms. The highest BCUT2D eigenvalue weighted by atomic mass is 16.6. The van der Waals surface area contributed by atoms with Crippen LogP contribution in [0.5, 0.6) is 0 Å². The van der Waals surface area contributed by atoms with Crippen LogP contribution in [0.4, 0.5) is 0 Å². The lowest BCUT2D eigenvalue weighted by atomic mass is 10.0. The Morgan fingerprint density at radius 1 is 1.40 bits per heavy atom. The van der Waals surface area contributed by atoms with Gasteiger partial charge < -0.3 is 25.0 Å². The first-order chi connectivity index (χ1) is 9.49. The lowest BCUT2D eigenvalue weighted by Crippen LogP contribution is -2.32. The van der Waals surface area contributed by atoms with Crippen LogP contribution >= 0.6 is 0 Å². The van der Waals surface area contributed by atoms with Crippen molar-refractivity contribution in [3.63, 3.8) is 0 Å². The second-order valence-electron chi connectivity index (χ2n) is 4.55. The van der Waals surface area contributed by atoms with Crippen molar-refractivity contribution in [1.82, 2.24) is 9.97 Å². The normalized spacial score (nSPS) is 29.1. The molecule has 1 aromatic rings. The van der Waals surface area contributed by atoms with Crippen LogP contribution in [0.25, 0.3) is 0 Å². The molecular weight excluding hydrogens is 264 g/mol. The second kappa shape index (κ2) is 5.73. The summed E-state index contributed by atoms with van der Waals surface area (Å²) in [5.74, 6) is 5.32. The van der Waals surface area contributed by atoms with Gasteiger partial charge in [0.2, 0.25) is 0 Å². The minimum absolute atomic E-state index is 0.208. The Labute approximate surface area is 115 Å². The van der Waals surface area contributed by atoms with E-state index in [2.05, 4.69) is 21.8 Å². The van der Waals surface area contributed by atoms with Crippen molar-refractivity contribution >= 4 is 0 Å². The van der Waals surface area contributed by atoms with Gasteiger partial charge in [-0.15, -0.1) is 0 Å². The van der Waals surface area contributed by atoms with Crippen molar-refractivity contribution in [2.45, 2.75) is 38.3 Å². The van der Waals surface area contributed by atoms with E-state index >= 15 is 0 Å². The lowest BCUT2D eigenvalue weighted by molar-refractivity contribution is -0.0241. The summed E-state index contributed by atoms with van der Waals surface area (Å²) >= 11 is 0. The van der Waals surface area contributed by atoms with Gasteiger partial charge in [-0.25, -0.2) is 4.98 Å². The summed E-state index contributed by atoms with van der Waals surface area (Å²) in [5.41, 5.74) is 0.314. The van der Waals surface area contributed by atoms with Gasteiger partial charge in [0, 0.05) is 0 Å². The molecule has 0 amide bonds. The molecule has 2 heterocycles. The molecule has 4 N–H and O–H groups in total. The van der Waals surface area contributed by atoms with E-state index in [9.17, 15) is 15.0 Å². The molecule has 0 aromatic carbocycles. The van der Waals surface area contributed by atoms with Gasteiger partial charge in [-0.3, -0.25) is 4.79 Å². The van der Waals surface area contributed by atoms with Crippen LogP contribution in [0.2, 0.25) is 0 Å². The molecule has 1 saturated heterocycles. The largest absolute Gasteiger partial charge is 0.394 e. The third-order valence-electron chi connectivity index (χ3n) is 3.17. The Hall–Kier alpha value is -1.72. The van der Waals surface area contributed by atoms with Crippen molar-refractivity contribution in [1.29, 1.82) is 0 Å². The SMILES string of the molecule is CC#Cc1[nH]c(=O)c(C)nc1[C@@H]1O[C@H](CO)C(O)[C@@H]1O. The van der Waals surface area contributed by atoms with Crippen molar-refractivity contribution in [2.75, 3.05) is 6.61 Å². The molecule has 4 atom stereocenters. The Morgan fingerprint density at radius 2 is 2.10 bits per heavy atom. The smallest absolute Gasteiger partial charge is 0.270 e. The van der Waals surface area contributed by atoms with E-state index in [1.165, 1.54) is 6.92 Å². The molecule has 108 valence electrons. The van der Waals surface area contributed by atoms with Crippen molar-refractivity contribution in [2.24, 2.45) is 0 Å². The number of rotatable bonds is 2. The minimum Gasteiger partial charge on any atom is -0.394 e. The average Bonchev–Trinajstić information content (AvgIpc) is 2.70. The van der Waals surface area contributed by atoms with Crippen LogP contribution in [-0.4, -0.2) is 50.2 Å². The topological polar surface area (TPSA) is 116 Å². The van der Waals surface area contributed by atoms with Crippen LogP contribution < -0.4 is 5.56 Å². The number of nitrogens with zero attached hydrogens (tertiary/aromatic N) is 1. The van der Waals surface area contributed by atoms with Gasteiger partial charge in [-0.1, -0.05) is 5.92 Å². The Kier molecular flexibility index (Phi) is 4.20. The molecule has 1 aliphatic rings. The van der Waals surface area contributed by atoms with Crippen molar-refractivity contribution in [3.05, 3.63) is 27.4 Å². The van der Waals surface area contributed by atoms with Crippen LogP contribution in [0.3, 0.4) is 0 Å². The van der Waals surface area contributed by atoms with Crippen molar-refractivity contribution < 1.29 is 20.1 Å². The van der Waals surface area contributed by atoms with Crippen LogP contribution in [0.15, 0.2) is 4.79 Å². The van der Waals surface area contributed by atoms with E-state index < -0.39 is 31.0 Å². The third-order valence-corrected chi connectivity index (χ3v) is 3.17. The molecular formula is C13H16N2O5. The van der Waals surface area contributed by atoms with Gasteiger partial charge in [-0.2, -0.15) is 0 Å². The maximum Gasteiger partial charge on any atom is 0.270 e. The predicted octanol–water partition coefficient (Wildman–Crippen LogP) is -1.40. The average molecular weight is 280 g/mol. The van der Waals surface area contributed by atoms with E-state index in [-0.39, 0.29) is 22.6 Å². The number of aryl methyl sites for hydroxylation is 1. The third kappa shape index (κ3) is 2.46. The number of aliphatic hydroxyl groups is 3. The van der Waals surface area contributed by atoms with Crippen LogP contribution in [0, 0.1) is 18.8 Å². The van der Waals surface area contributed by atoms with Gasteiger partial charge in [0.1, 0.15) is 41.5 Å². The number of ether oxygens (including phenoxy) is 1. The first-order valence-corrected chi connectivity index (χ1v) is 6.15. The van der Waals surface area contributed by atoms with Gasteiger partial charge in [0.05, 0.1) is 6.61 Å². The molecule has 0 spiro atoms. The van der Waals surface area contributed by atoms with E-state index in [1.54, 1.807) is 6.92 Å². The summed E-state index contributed by atoms with van der Waals surface area (Å²) in [4.78, 5) is 18.2. The first-order valence-electron chi connectivity index (χ1n) is 6.15. The number of hydrogen-bond acceptors (Lipinski definition) is 6. The molecule has 0 saturated carbocycles. The maximum atomic E-state index is 11.6. The Balaban J connectivity index is 2.49. The highest BCUT2D eigenvalue weighted by molar-refractivity contribution is 5.34. The summed E-state index contributed by atoms with van der Waals surface area (Å²) < 4.78 is 5.40. The van der Waals surface area contributed by atoms with E-state index in [0.717, 1.165) is 0 Å². The standard InChI is InChI=1S/C13H16N2O5/c1-3-4-7-9(14-6(2)13(19)15-7)12-11(18)10(17)8(5-16)20-12/h8,10-12,16-18H,5H2,1-2H3,(H,15,19)/t8-,10?,11+,12+/m1/s1. The molecule has 1 fully saturated rings. The van der Waals surface area contributed by atoms with E-state index in [4.69, 9.17) is 9.84 Å². The zero-order chi connectivity index (χ0) is 14.9. The maximum absolute atomic E-state index is 11.6. The van der Waals surface area contributed by atoms with Gasteiger partial charge in [-0.05, 0) is 19.8 Å². The molecule has 2 rings (SSSR count). The lowest BCUT2D eigenvalue weighted by Gasteiger charge is -2.15. The molecule has 20 heavy (non-hydrogen) atoms. The molecule has 0 radical (unpaired) electrons. The van der Waals surface area contributed by atoms with Crippen LogP contribution in [-0.2, 0) is 4.74 Å². The number of aromatic amines is 1. The van der Waals surface area contributed by atoms with Crippen LogP contribution in [0.1, 0.15) is 30.1 Å². The highest BCUT2D eigenvalue weighted by Crippen LogP contribution is 2.33. The van der Waals surface area contributed by atoms with Gasteiger partial charge in [0.25, 0.3) is 5.56 Å². The van der Waals surface area contributed by atoms with E-state index in [0.29, 0.717) is 0 Å². The minimum atomic E-state index is -1.25. The molecule has 1 aliphatic heterocycles. The second-order valence-corrected chi connectivity index (χ2v) is 4.55. The van der Waals surface area contributed by atoms with E-state index in [1.807, 2.05) is 0 Å². The highest BCUT2D eigenvalue weighted by Gasteiger charge is 2.44. The Morgan fingerprint density at radius 3 is 2.65 bits per heavy atom. The predicted molar refractivity (Wildman–Crippen MR) is 68.9 cm³/mol. The number of aliphatic hydroxyl groups excluding tert-OH is 3. The number of nitrogens with one attached hydrogen (secondary N) is 1. The zero-order valence-electron chi connectivity index (χ0n) is 11.1. The fraction of sp³-hybridized carbons (Fsp3) is 0.538. The van der Waals surface area contributed by atoms with Gasteiger partial charge >= 0.3 is 0 Å². The molecule has 1 aromatic heterocycles. The molecule has 1 unspecified atom stereocenters. The Bertz CT molecular complexity index is 615. The van der Waals surface area contributed by atoms with Crippen molar-refractivity contribution in [3.8, 4) is 11.8 Å². The summed E-state index contributed by atoms with van der Waals surface area (Å²) in [6, 6.07) is 0. The molecule has 7 nitrogen and oxygen atoms in total. The number of hydrogen-bond donors (Lipinski definition) is 4. The number of aromatic nitrogens is 2. The quantitative estimate of drug-likeness (QED) is 0.495.